The summed E-state index contributed by atoms with van der Waals surface area (Å²) in [5.74, 6) is 1.67. The van der Waals surface area contributed by atoms with Crippen LogP contribution in [0.4, 0.5) is 14.4 Å². The van der Waals surface area contributed by atoms with Crippen LogP contribution in [-0.2, 0) is 70.8 Å². The van der Waals surface area contributed by atoms with Gasteiger partial charge in [0.05, 0.1) is 79.0 Å². The molecular weight excluding hydrogens is 1610 g/mol. The van der Waals surface area contributed by atoms with Gasteiger partial charge in [0, 0.05) is 60.7 Å². The fourth-order valence-corrected chi connectivity index (χ4v) is 15.2. The maximum atomic E-state index is 13.9. The van der Waals surface area contributed by atoms with Gasteiger partial charge in [0.25, 0.3) is 5.91 Å². The maximum absolute atomic E-state index is 13.9. The minimum absolute atomic E-state index is 0.00613. The molecule has 6 aliphatic rings. The summed E-state index contributed by atoms with van der Waals surface area (Å²) >= 11 is 4.53. The molecule has 4 amide bonds. The Morgan fingerprint density at radius 2 is 1.05 bits per heavy atom. The Morgan fingerprint density at radius 3 is 1.45 bits per heavy atom. The van der Waals surface area contributed by atoms with Crippen LogP contribution in [0.15, 0.2) is 105 Å². The van der Waals surface area contributed by atoms with Crippen LogP contribution in [0.2, 0.25) is 0 Å². The first-order valence-electron chi connectivity index (χ1n) is 33.9. The van der Waals surface area contributed by atoms with Gasteiger partial charge in [-0.2, -0.15) is 8.61 Å². The highest BCUT2D eigenvalue weighted by atomic mass is 127. The third-order valence-electron chi connectivity index (χ3n) is 16.2. The van der Waals surface area contributed by atoms with E-state index < -0.39 is 92.6 Å². The average Bonchev–Trinajstić information content (AvgIpc) is 1.48. The van der Waals surface area contributed by atoms with Crippen molar-refractivity contribution >= 4 is 89.4 Å². The summed E-state index contributed by atoms with van der Waals surface area (Å²) in [5, 5.41) is 52.4. The van der Waals surface area contributed by atoms with Crippen molar-refractivity contribution < 1.29 is 113 Å². The Balaban J connectivity index is 0.000000236. The van der Waals surface area contributed by atoms with E-state index in [1.54, 1.807) is 39.0 Å². The standard InChI is InChI=1S/C31H41IN2O10S.C28H36N2O10S.C7H12N2O3.C3H7IO/c1-20(2)16-34(45(37,38)23-8-9-27-28(15-23)43-19-42-27)17-26(35)25(14-21-4-6-22(7-5-21)39-12-3-11-32)33-31(36)44-29-18-41-30-24(29)10-13-40-30;1-17(2)13-30(41(34,35)20-7-8-24-25(12-20)39-16-38-24)14-23(32)22(11-18-3-5-19(31)6-4-18)29-28(33)40-26-15-37-27-21(26)9-10-36-27;1-5(10)8-9-6(11)12-7(2,3)4;4-2-1-3-5/h4-9,15,20,24-26,29-30,35H,3,10-14,16-19H2,1-2H3,(H,33,36);3-8,12,17,21-23,26-27,31-32H,9-11,13-16H2,1-2H3,(H,29,33);1-4H3;5H,1-3H2/t24-,25-,26+,29+,30+;21-,22-,23+,26+,27+;;/m00../s1. The molecule has 103 heavy (non-hydrogen) atoms. The van der Waals surface area contributed by atoms with Gasteiger partial charge in [-0.3, -0.25) is 4.79 Å². The molecule has 4 saturated heterocycles. The quantitative estimate of drug-likeness (QED) is 0.0102. The molecule has 34 heteroatoms. The molecule has 572 valence electrons. The Kier molecular flexibility index (Phi) is 33.2. The lowest BCUT2D eigenvalue weighted by atomic mass is 10.0. The van der Waals surface area contributed by atoms with Crippen molar-refractivity contribution in [1.29, 1.82) is 0 Å². The first-order valence-corrected chi connectivity index (χ1v) is 39.8. The molecular formula is C69H96I2N6O24S2. The van der Waals surface area contributed by atoms with E-state index in [2.05, 4.69) is 66.0 Å². The number of nitrogens with one attached hydrogen (secondary N) is 2. The predicted molar refractivity (Wildman–Crippen MR) is 390 cm³/mol. The van der Waals surface area contributed by atoms with E-state index in [1.165, 1.54) is 58.0 Å². The number of alkyl carbamates (subject to hydrolysis) is 2. The number of aliphatic hydroxyl groups is 3. The number of fused-ring (bicyclic) bond motifs is 4. The topological polar surface area (TPSA) is 384 Å². The van der Waals surface area contributed by atoms with Crippen LogP contribution < -0.4 is 34.3 Å². The number of sulfonamides is 2. The molecule has 0 saturated carbocycles. The zero-order chi connectivity index (χ0) is 75.0. The van der Waals surface area contributed by atoms with Crippen molar-refractivity contribution in [3.63, 3.8) is 0 Å². The van der Waals surface area contributed by atoms with E-state index in [4.69, 9.17) is 61.9 Å². The first kappa shape index (κ1) is 84.2. The molecule has 30 nitrogen and oxygen atoms in total. The Hall–Kier alpha value is -6.04. The molecule has 0 unspecified atom stereocenters. The lowest BCUT2D eigenvalue weighted by molar-refractivity contribution is -0.116. The minimum Gasteiger partial charge on any atom is -0.508 e. The van der Waals surface area contributed by atoms with Crippen molar-refractivity contribution in [3.8, 4) is 34.5 Å². The van der Waals surface area contributed by atoms with Crippen LogP contribution in [0, 0.1) is 23.7 Å². The normalized spacial score (nSPS) is 20.5. The van der Waals surface area contributed by atoms with Gasteiger partial charge in [0.1, 0.15) is 29.3 Å². The van der Waals surface area contributed by atoms with E-state index in [0.29, 0.717) is 55.8 Å². The molecule has 0 spiro atoms. The van der Waals surface area contributed by atoms with Crippen LogP contribution in [0.25, 0.3) is 0 Å². The van der Waals surface area contributed by atoms with Gasteiger partial charge in [-0.1, -0.05) is 102 Å². The SMILES string of the molecule is CC(=O)N=NC(=O)OC(C)(C)C.CC(C)CN(C[C@@H](O)[C@H](Cc1ccc(O)cc1)NC(=O)O[C@@H]1CO[C@H]2OCC[C@H]21)S(=O)(=O)c1ccc2c(c1)OCO2.CC(C)CN(C[C@@H](O)[C@H](Cc1ccc(OCCCI)cc1)NC(=O)O[C@@H]1CO[C@H]2OCC[C@H]21)S(=O)(=O)c1ccc2c(c1)OCO2.OCCCI. The first-order chi connectivity index (χ1) is 49.0. The van der Waals surface area contributed by atoms with Crippen LogP contribution in [-0.4, -0.2) is 213 Å². The van der Waals surface area contributed by atoms with Gasteiger partial charge in [-0.15, -0.1) is 5.11 Å². The van der Waals surface area contributed by atoms with Gasteiger partial charge in [0.15, 0.2) is 35.6 Å². The number of alkyl halides is 2. The number of carbonyl (C=O) groups is 4. The number of aliphatic hydroxyl groups excluding tert-OH is 3. The van der Waals surface area contributed by atoms with Crippen LogP contribution >= 0.6 is 45.2 Å². The number of azo groups is 1. The van der Waals surface area contributed by atoms with Crippen LogP contribution in [0.3, 0.4) is 0 Å². The van der Waals surface area contributed by atoms with Crippen molar-refractivity contribution in [1.82, 2.24) is 19.2 Å². The largest absolute Gasteiger partial charge is 0.508 e. The lowest BCUT2D eigenvalue weighted by Crippen LogP contribution is -2.51. The fraction of sp³-hybridized carbons (Fsp3) is 0.594. The molecule has 0 bridgehead atoms. The Bertz CT molecular complexity index is 3630. The van der Waals surface area contributed by atoms with Gasteiger partial charge in [0.2, 0.25) is 33.6 Å². The molecule has 0 aliphatic carbocycles. The highest BCUT2D eigenvalue weighted by Crippen LogP contribution is 2.38. The van der Waals surface area contributed by atoms with Crippen molar-refractivity contribution in [3.05, 3.63) is 96.1 Å². The van der Waals surface area contributed by atoms with Crippen LogP contribution in [0.1, 0.15) is 92.2 Å². The Morgan fingerprint density at radius 1 is 0.612 bits per heavy atom. The second-order valence-corrected chi connectivity index (χ2v) is 32.6. The number of amides is 4. The van der Waals surface area contributed by atoms with Crippen molar-refractivity contribution in [2.24, 2.45) is 33.9 Å². The molecule has 6 aliphatic heterocycles. The smallest absolute Gasteiger partial charge is 0.453 e. The summed E-state index contributed by atoms with van der Waals surface area (Å²) in [5.41, 5.74) is 0.935. The fourth-order valence-electron chi connectivity index (χ4n) is 11.3. The molecule has 10 rings (SSSR count). The number of hydrogen-bond donors (Lipinski definition) is 6. The summed E-state index contributed by atoms with van der Waals surface area (Å²) in [6, 6.07) is 20.8. The number of carbonyl (C=O) groups excluding carboxylic acids is 4. The molecule has 6 heterocycles. The number of hydrogen-bond acceptors (Lipinski definition) is 24. The number of halogens is 2. The van der Waals surface area contributed by atoms with E-state index >= 15 is 0 Å². The summed E-state index contributed by atoms with van der Waals surface area (Å²) in [6.07, 6.45) is -2.94. The highest BCUT2D eigenvalue weighted by Gasteiger charge is 2.46. The van der Waals surface area contributed by atoms with Gasteiger partial charge < -0.3 is 87.9 Å². The zero-order valence-electron chi connectivity index (χ0n) is 59.0. The number of phenols is 1. The second kappa shape index (κ2) is 40.6. The predicted octanol–water partition coefficient (Wildman–Crippen LogP) is 8.68. The second-order valence-electron chi connectivity index (χ2n) is 26.6. The molecule has 0 radical (unpaired) electrons. The zero-order valence-corrected chi connectivity index (χ0v) is 64.9. The molecule has 10 atom stereocenters. The van der Waals surface area contributed by atoms with Gasteiger partial charge in [-0.05, 0) is 131 Å². The average molecular weight is 1710 g/mol. The van der Waals surface area contributed by atoms with Gasteiger partial charge in [-0.25, -0.2) is 31.2 Å². The summed E-state index contributed by atoms with van der Waals surface area (Å²) in [7, 11) is -8.10. The van der Waals surface area contributed by atoms with E-state index in [9.17, 15) is 51.3 Å². The van der Waals surface area contributed by atoms with Gasteiger partial charge >= 0.3 is 18.3 Å². The molecule has 4 fully saturated rings. The Labute approximate surface area is 628 Å². The summed E-state index contributed by atoms with van der Waals surface area (Å²) in [6.45, 7) is 16.1. The van der Waals surface area contributed by atoms with Crippen molar-refractivity contribution in [2.75, 3.05) is 88.3 Å². The molecule has 4 aromatic rings. The third-order valence-corrected chi connectivity index (χ3v) is 21.4. The number of ether oxygens (including phenoxy) is 12. The van der Waals surface area contributed by atoms with E-state index in [1.807, 2.05) is 52.0 Å². The molecule has 4 aromatic carbocycles. The highest BCUT2D eigenvalue weighted by molar-refractivity contribution is 14.1. The lowest BCUT2D eigenvalue weighted by Gasteiger charge is -2.31. The summed E-state index contributed by atoms with van der Waals surface area (Å²) < 4.78 is 125. The summed E-state index contributed by atoms with van der Waals surface area (Å²) in [4.78, 5) is 47.2. The number of aromatic hydroxyl groups is 1. The van der Waals surface area contributed by atoms with E-state index in [-0.39, 0.29) is 111 Å². The van der Waals surface area contributed by atoms with E-state index in [0.717, 1.165) is 45.0 Å². The minimum atomic E-state index is -4.05. The number of rotatable bonds is 28. The monoisotopic (exact) mass is 1710 g/mol. The van der Waals surface area contributed by atoms with Crippen molar-refractivity contribution in [2.45, 2.75) is 158 Å². The number of phenolic OH excluding ortho intramolecular Hbond substituents is 1. The molecule has 6 N–H and O–H groups in total. The number of nitrogens with zero attached hydrogens (tertiary/aromatic N) is 4. The number of benzene rings is 4. The maximum Gasteiger partial charge on any atom is 0.453 e. The van der Waals surface area contributed by atoms with Crippen LogP contribution in [0.5, 0.6) is 34.5 Å². The third kappa shape index (κ3) is 26.5. The molecule has 0 aromatic heterocycles.